The number of ether oxygens (including phenoxy) is 2. The Morgan fingerprint density at radius 3 is 2.60 bits per heavy atom. The number of esters is 1. The number of fused-ring (bicyclic) bond motifs is 2. The maximum absolute atomic E-state index is 14.2. The van der Waals surface area contributed by atoms with Crippen molar-refractivity contribution < 1.29 is 27.9 Å². The topological polar surface area (TPSA) is 173 Å². The number of anilines is 1. The molecule has 13 nitrogen and oxygen atoms in total. The summed E-state index contributed by atoms with van der Waals surface area (Å²) >= 11 is 0. The fraction of sp³-hybridized carbons (Fsp3) is 0.448. The van der Waals surface area contributed by atoms with E-state index < -0.39 is 31.4 Å². The molecule has 232 valence electrons. The van der Waals surface area contributed by atoms with Gasteiger partial charge in [0.25, 0.3) is 5.56 Å². The first-order chi connectivity index (χ1) is 20.3. The summed E-state index contributed by atoms with van der Waals surface area (Å²) < 4.78 is 39.0. The van der Waals surface area contributed by atoms with Gasteiger partial charge in [-0.1, -0.05) is 57.2 Å². The number of hydrogen-bond donors (Lipinski definition) is 3. The highest BCUT2D eigenvalue weighted by Crippen LogP contribution is 2.47. The van der Waals surface area contributed by atoms with Gasteiger partial charge in [-0.25, -0.2) is 9.55 Å². The largest absolute Gasteiger partial charge is 0.464 e. The van der Waals surface area contributed by atoms with E-state index in [0.717, 1.165) is 10.8 Å². The summed E-state index contributed by atoms with van der Waals surface area (Å²) in [5.41, 5.74) is 5.55. The third-order valence-corrected chi connectivity index (χ3v) is 8.24. The summed E-state index contributed by atoms with van der Waals surface area (Å²) in [6.45, 7) is 9.29. The lowest BCUT2D eigenvalue weighted by Gasteiger charge is -2.27. The molecular formula is C29H39N6O7P. The van der Waals surface area contributed by atoms with E-state index in [-0.39, 0.29) is 36.1 Å². The van der Waals surface area contributed by atoms with Gasteiger partial charge < -0.3 is 24.3 Å². The van der Waals surface area contributed by atoms with Gasteiger partial charge in [-0.15, -0.1) is 0 Å². The van der Waals surface area contributed by atoms with Crippen molar-refractivity contribution in [3.05, 3.63) is 59.1 Å². The molecular weight excluding hydrogens is 575 g/mol. The normalized spacial score (nSPS) is 15.6. The van der Waals surface area contributed by atoms with Crippen LogP contribution in [0.25, 0.3) is 21.9 Å². The molecule has 0 spiro atoms. The van der Waals surface area contributed by atoms with Crippen molar-refractivity contribution in [2.24, 2.45) is 5.41 Å². The van der Waals surface area contributed by atoms with Gasteiger partial charge in [0, 0.05) is 18.5 Å². The van der Waals surface area contributed by atoms with Crippen molar-refractivity contribution in [1.82, 2.24) is 24.6 Å². The first-order valence-electron chi connectivity index (χ1n) is 13.9. The Balaban J connectivity index is 1.54. The molecule has 0 amide bonds. The van der Waals surface area contributed by atoms with E-state index in [2.05, 4.69) is 20.0 Å². The average Bonchev–Trinajstić information content (AvgIpc) is 3.38. The highest BCUT2D eigenvalue weighted by atomic mass is 31.2. The predicted molar refractivity (Wildman–Crippen MR) is 164 cm³/mol. The quantitative estimate of drug-likeness (QED) is 0.142. The average molecular weight is 615 g/mol. The van der Waals surface area contributed by atoms with Gasteiger partial charge in [-0.05, 0) is 37.1 Å². The molecule has 2 aromatic heterocycles. The zero-order valence-corrected chi connectivity index (χ0v) is 26.1. The number of nitrogen functional groups attached to an aromatic ring is 1. The third kappa shape index (κ3) is 8.20. The van der Waals surface area contributed by atoms with Crippen LogP contribution >= 0.6 is 7.75 Å². The number of carbonyl (C=O) groups is 1. The SMILES string of the molecule is CO[C@H](COP(=O)(N[C@@H](C)C(=O)OCC(C)(C)C)Oc1cccc2ccccc12)C[C@H](C)n1cnc2c(=O)[nH]c(N)nc21. The number of imidazole rings is 1. The van der Waals surface area contributed by atoms with Crippen molar-refractivity contribution in [1.29, 1.82) is 0 Å². The smallest absolute Gasteiger partial charge is 0.459 e. The van der Waals surface area contributed by atoms with E-state index in [1.165, 1.54) is 20.4 Å². The lowest BCUT2D eigenvalue weighted by atomic mass is 9.99. The molecule has 4 rings (SSSR count). The molecule has 4 aromatic rings. The minimum atomic E-state index is -4.17. The van der Waals surface area contributed by atoms with Crippen LogP contribution in [0.3, 0.4) is 0 Å². The van der Waals surface area contributed by atoms with E-state index in [9.17, 15) is 14.2 Å². The Morgan fingerprint density at radius 1 is 1.16 bits per heavy atom. The summed E-state index contributed by atoms with van der Waals surface area (Å²) in [7, 11) is -2.66. The second kappa shape index (κ2) is 13.3. The number of hydrogen-bond acceptors (Lipinski definition) is 10. The second-order valence-corrected chi connectivity index (χ2v) is 13.3. The van der Waals surface area contributed by atoms with Crippen LogP contribution in [-0.2, 0) is 23.4 Å². The van der Waals surface area contributed by atoms with Crippen LogP contribution in [0.4, 0.5) is 5.95 Å². The molecule has 0 saturated carbocycles. The first-order valence-corrected chi connectivity index (χ1v) is 15.4. The second-order valence-electron chi connectivity index (χ2n) is 11.6. The van der Waals surface area contributed by atoms with Crippen molar-refractivity contribution in [3.8, 4) is 5.75 Å². The lowest BCUT2D eigenvalue weighted by Crippen LogP contribution is -2.37. The van der Waals surface area contributed by atoms with Crippen molar-refractivity contribution in [2.75, 3.05) is 26.1 Å². The molecule has 0 radical (unpaired) electrons. The van der Waals surface area contributed by atoms with E-state index in [1.807, 2.05) is 58.0 Å². The van der Waals surface area contributed by atoms with E-state index in [0.29, 0.717) is 17.8 Å². The van der Waals surface area contributed by atoms with Gasteiger partial charge in [0.05, 0.1) is 25.6 Å². The minimum absolute atomic E-state index is 0.0224. The number of benzene rings is 2. The minimum Gasteiger partial charge on any atom is -0.464 e. The van der Waals surface area contributed by atoms with Crippen LogP contribution in [-0.4, -0.2) is 58.0 Å². The van der Waals surface area contributed by atoms with Crippen molar-refractivity contribution in [3.63, 3.8) is 0 Å². The molecule has 4 atom stereocenters. The number of nitrogens with one attached hydrogen (secondary N) is 2. The first kappa shape index (κ1) is 32.2. The van der Waals surface area contributed by atoms with Gasteiger partial charge in [0.15, 0.2) is 11.2 Å². The molecule has 0 aliphatic carbocycles. The fourth-order valence-electron chi connectivity index (χ4n) is 4.37. The summed E-state index contributed by atoms with van der Waals surface area (Å²) in [5, 5.41) is 4.35. The number of nitrogens with two attached hydrogens (primary N) is 1. The van der Waals surface area contributed by atoms with Gasteiger partial charge in [0.1, 0.15) is 11.8 Å². The molecule has 4 N–H and O–H groups in total. The Morgan fingerprint density at radius 2 is 1.88 bits per heavy atom. The number of methoxy groups -OCH3 is 1. The molecule has 0 fully saturated rings. The van der Waals surface area contributed by atoms with E-state index in [1.54, 1.807) is 16.7 Å². The highest BCUT2D eigenvalue weighted by molar-refractivity contribution is 7.52. The van der Waals surface area contributed by atoms with Gasteiger partial charge in [0.2, 0.25) is 5.95 Å². The summed E-state index contributed by atoms with van der Waals surface area (Å²) in [5.74, 6) is -0.290. The van der Waals surface area contributed by atoms with Gasteiger partial charge in [-0.3, -0.25) is 19.1 Å². The number of aromatic nitrogens is 4. The summed E-state index contributed by atoms with van der Waals surface area (Å²) in [6.07, 6.45) is 1.31. The Kier molecular flexibility index (Phi) is 9.91. The third-order valence-electron chi connectivity index (χ3n) is 6.61. The number of nitrogens with zero attached hydrogens (tertiary/aromatic N) is 3. The highest BCUT2D eigenvalue weighted by Gasteiger charge is 2.34. The standard InChI is InChI=1S/C29H39N6O7P/c1-18(35-17-31-24-25(35)32-28(30)33-26(24)36)14-21(39-6)15-41-43(38,34-19(2)27(37)40-16-29(3,4)5)42-23-13-9-11-20-10-7-8-12-22(20)23/h7-13,17-19,21H,14-16H2,1-6H3,(H,34,38)(H3,30,32,33,36)/t18-,19-,21-,43?/m0/s1. The molecule has 2 heterocycles. The number of H-pyrrole nitrogens is 1. The van der Waals surface area contributed by atoms with Gasteiger partial charge in [-0.2, -0.15) is 10.1 Å². The molecule has 14 heteroatoms. The Bertz CT molecular complexity index is 1680. The number of carbonyl (C=O) groups excluding carboxylic acids is 1. The zero-order chi connectivity index (χ0) is 31.4. The lowest BCUT2D eigenvalue weighted by molar-refractivity contribution is -0.148. The molecule has 0 aliphatic heterocycles. The molecule has 43 heavy (non-hydrogen) atoms. The number of aromatic amines is 1. The van der Waals surface area contributed by atoms with Crippen LogP contribution in [0.1, 0.15) is 47.1 Å². The monoisotopic (exact) mass is 614 g/mol. The molecule has 1 unspecified atom stereocenters. The van der Waals surface area contributed by atoms with Crippen LogP contribution in [0, 0.1) is 5.41 Å². The van der Waals surface area contributed by atoms with Gasteiger partial charge >= 0.3 is 13.7 Å². The zero-order valence-electron chi connectivity index (χ0n) is 25.2. The fourth-order valence-corrected chi connectivity index (χ4v) is 5.91. The van der Waals surface area contributed by atoms with Crippen molar-refractivity contribution >= 4 is 41.6 Å². The Labute approximate surface area is 249 Å². The molecule has 0 saturated heterocycles. The van der Waals surface area contributed by atoms with Crippen LogP contribution in [0.2, 0.25) is 0 Å². The molecule has 0 aliphatic rings. The van der Waals surface area contributed by atoms with Crippen LogP contribution in [0.15, 0.2) is 53.6 Å². The van der Waals surface area contributed by atoms with Crippen LogP contribution in [0.5, 0.6) is 5.75 Å². The maximum atomic E-state index is 14.2. The number of rotatable bonds is 13. The van der Waals surface area contributed by atoms with Crippen molar-refractivity contribution in [2.45, 2.75) is 59.2 Å². The summed E-state index contributed by atoms with van der Waals surface area (Å²) in [6, 6.07) is 11.6. The molecule has 0 bridgehead atoms. The molecule has 2 aromatic carbocycles. The van der Waals surface area contributed by atoms with Crippen LogP contribution < -0.4 is 20.9 Å². The maximum Gasteiger partial charge on any atom is 0.459 e. The summed E-state index contributed by atoms with van der Waals surface area (Å²) in [4.78, 5) is 35.8. The predicted octanol–water partition coefficient (Wildman–Crippen LogP) is 4.59. The van der Waals surface area contributed by atoms with E-state index in [4.69, 9.17) is 24.3 Å². The van der Waals surface area contributed by atoms with E-state index >= 15 is 0 Å². The Hall–Kier alpha value is -3.77.